The molecule has 0 aliphatic carbocycles. The van der Waals surface area contributed by atoms with E-state index >= 15 is 0 Å². The van der Waals surface area contributed by atoms with Gasteiger partial charge in [-0.25, -0.2) is 0 Å². The van der Waals surface area contributed by atoms with E-state index in [1.165, 1.54) is 128 Å². The second kappa shape index (κ2) is 36.9. The van der Waals surface area contributed by atoms with Crippen molar-refractivity contribution in [2.75, 3.05) is 24.6 Å². The summed E-state index contributed by atoms with van der Waals surface area (Å²) in [5, 5.41) is 0. The molecular formula is C32H72Br3P. The van der Waals surface area contributed by atoms with Crippen molar-refractivity contribution in [2.24, 2.45) is 0 Å². The molecule has 0 bridgehead atoms. The Morgan fingerprint density at radius 2 is 0.417 bits per heavy atom. The zero-order valence-electron chi connectivity index (χ0n) is 25.5. The van der Waals surface area contributed by atoms with Crippen molar-refractivity contribution in [3.63, 3.8) is 0 Å². The Balaban J connectivity index is -0.00000171. The van der Waals surface area contributed by atoms with E-state index in [0.29, 0.717) is 0 Å². The standard InChI is InChI=1S/C32H69P.3BrH/c1-5-9-13-17-21-25-29-33(30-26-22-18-14-10-6-2,31-27-23-19-15-11-7-3)32-28-24-20-16-12-8-4;;;/h33H,5-32H2,1-4H3;3*1H. The molecule has 0 saturated carbocycles. The third-order valence-corrected chi connectivity index (χ3v) is 13.9. The number of hydrogen-bond donors (Lipinski definition) is 0. The Morgan fingerprint density at radius 1 is 0.250 bits per heavy atom. The van der Waals surface area contributed by atoms with E-state index in [9.17, 15) is 0 Å². The molecule has 0 aromatic rings. The van der Waals surface area contributed by atoms with Gasteiger partial charge in [-0.15, -0.1) is 50.9 Å². The van der Waals surface area contributed by atoms with Crippen LogP contribution in [0.2, 0.25) is 0 Å². The maximum absolute atomic E-state index is 2.35. The average molecular weight is 728 g/mol. The molecule has 0 radical (unpaired) electrons. The Bertz CT molecular complexity index is 296. The molecule has 0 aliphatic rings. The van der Waals surface area contributed by atoms with Crippen molar-refractivity contribution in [2.45, 2.75) is 182 Å². The van der Waals surface area contributed by atoms with Gasteiger partial charge < -0.3 is 0 Å². The van der Waals surface area contributed by atoms with E-state index in [1.54, 1.807) is 50.3 Å². The normalized spacial score (nSPS) is 11.4. The summed E-state index contributed by atoms with van der Waals surface area (Å²) in [5.41, 5.74) is 0. The zero-order chi connectivity index (χ0) is 24.3. The molecule has 0 N–H and O–H groups in total. The third-order valence-electron chi connectivity index (χ3n) is 8.24. The first-order valence-electron chi connectivity index (χ1n) is 16.2. The fraction of sp³-hybridized carbons (Fsp3) is 1.00. The minimum atomic E-state index is -1.07. The summed E-state index contributed by atoms with van der Waals surface area (Å²) in [6, 6.07) is 0. The van der Waals surface area contributed by atoms with Crippen LogP contribution >= 0.6 is 58.2 Å². The van der Waals surface area contributed by atoms with Crippen LogP contribution in [-0.4, -0.2) is 24.6 Å². The maximum atomic E-state index is 2.35. The molecule has 0 unspecified atom stereocenters. The quantitative estimate of drug-likeness (QED) is 0.0556. The van der Waals surface area contributed by atoms with Crippen LogP contribution < -0.4 is 0 Å². The van der Waals surface area contributed by atoms with Crippen molar-refractivity contribution >= 4 is 58.2 Å². The van der Waals surface area contributed by atoms with Gasteiger partial charge in [-0.05, 0) is 0 Å². The minimum absolute atomic E-state index is 0. The van der Waals surface area contributed by atoms with Gasteiger partial charge in [0.05, 0.1) is 0 Å². The summed E-state index contributed by atoms with van der Waals surface area (Å²) in [4.78, 5) is 0. The summed E-state index contributed by atoms with van der Waals surface area (Å²) in [7, 11) is -1.07. The summed E-state index contributed by atoms with van der Waals surface area (Å²) >= 11 is 0. The molecule has 0 fully saturated rings. The van der Waals surface area contributed by atoms with E-state index in [2.05, 4.69) is 27.7 Å². The van der Waals surface area contributed by atoms with Gasteiger partial charge in [-0.2, -0.15) is 0 Å². The molecule has 0 aromatic carbocycles. The van der Waals surface area contributed by atoms with Gasteiger partial charge in [0.25, 0.3) is 0 Å². The molecule has 0 aliphatic heterocycles. The Morgan fingerprint density at radius 3 is 0.611 bits per heavy atom. The second-order valence-corrected chi connectivity index (χ2v) is 16.6. The summed E-state index contributed by atoms with van der Waals surface area (Å²) in [6.07, 6.45) is 42.4. The summed E-state index contributed by atoms with van der Waals surface area (Å²) in [6.45, 7) is 9.39. The number of hydrogen-bond acceptors (Lipinski definition) is 0. The molecule has 0 rings (SSSR count). The average Bonchev–Trinajstić information content (AvgIpc) is 2.83. The van der Waals surface area contributed by atoms with E-state index < -0.39 is 7.26 Å². The van der Waals surface area contributed by atoms with Crippen molar-refractivity contribution in [3.8, 4) is 0 Å². The first kappa shape index (κ1) is 44.9. The molecule has 0 aromatic heterocycles. The van der Waals surface area contributed by atoms with Crippen LogP contribution in [0.3, 0.4) is 0 Å². The predicted octanol–water partition coefficient (Wildman–Crippen LogP) is 13.9. The predicted molar refractivity (Wildman–Crippen MR) is 192 cm³/mol. The Labute approximate surface area is 263 Å². The van der Waals surface area contributed by atoms with Gasteiger partial charge in [-0.3, -0.25) is 0 Å². The van der Waals surface area contributed by atoms with Crippen LogP contribution in [-0.2, 0) is 0 Å². The number of halogens is 3. The third kappa shape index (κ3) is 30.4. The first-order valence-corrected chi connectivity index (χ1v) is 19.1. The molecular weight excluding hydrogens is 655 g/mol. The van der Waals surface area contributed by atoms with Crippen LogP contribution in [0.25, 0.3) is 0 Å². The molecule has 0 amide bonds. The number of unbranched alkanes of at least 4 members (excludes halogenated alkanes) is 20. The van der Waals surface area contributed by atoms with Crippen LogP contribution in [0.15, 0.2) is 0 Å². The zero-order valence-corrected chi connectivity index (χ0v) is 31.7. The van der Waals surface area contributed by atoms with Gasteiger partial charge in [0.15, 0.2) is 0 Å². The molecule has 0 spiro atoms. The van der Waals surface area contributed by atoms with Gasteiger partial charge in [0, 0.05) is 0 Å². The van der Waals surface area contributed by atoms with Gasteiger partial charge in [-0.1, -0.05) is 0 Å². The molecule has 36 heavy (non-hydrogen) atoms. The summed E-state index contributed by atoms with van der Waals surface area (Å²) < 4.78 is 0. The van der Waals surface area contributed by atoms with Crippen molar-refractivity contribution in [1.82, 2.24) is 0 Å². The summed E-state index contributed by atoms with van der Waals surface area (Å²) in [5.74, 6) is 0. The van der Waals surface area contributed by atoms with Gasteiger partial charge >= 0.3 is 214 Å². The molecule has 0 saturated heterocycles. The van der Waals surface area contributed by atoms with Crippen molar-refractivity contribution in [1.29, 1.82) is 0 Å². The second-order valence-electron chi connectivity index (χ2n) is 11.6. The number of rotatable bonds is 28. The Kier molecular flexibility index (Phi) is 46.0. The topological polar surface area (TPSA) is 0 Å². The van der Waals surface area contributed by atoms with E-state index in [1.807, 2.05) is 0 Å². The first-order chi connectivity index (χ1) is 16.2. The van der Waals surface area contributed by atoms with Crippen LogP contribution in [0.5, 0.6) is 0 Å². The fourth-order valence-electron chi connectivity index (χ4n) is 5.87. The monoisotopic (exact) mass is 724 g/mol. The van der Waals surface area contributed by atoms with Gasteiger partial charge in [0.2, 0.25) is 0 Å². The van der Waals surface area contributed by atoms with Crippen LogP contribution in [0.1, 0.15) is 182 Å². The molecule has 4 heteroatoms. The van der Waals surface area contributed by atoms with Crippen LogP contribution in [0, 0.1) is 0 Å². The van der Waals surface area contributed by atoms with Crippen molar-refractivity contribution in [3.05, 3.63) is 0 Å². The fourth-order valence-corrected chi connectivity index (χ4v) is 11.4. The molecule has 0 nitrogen and oxygen atoms in total. The SMILES string of the molecule is Br.Br.Br.CCCCCCCC[PH](CCCCCCCC)(CCCCCCCC)CCCCCCCC. The molecule has 0 heterocycles. The Hall–Kier alpha value is 1.87. The van der Waals surface area contributed by atoms with E-state index in [-0.39, 0.29) is 50.9 Å². The van der Waals surface area contributed by atoms with Gasteiger partial charge in [0.1, 0.15) is 0 Å². The van der Waals surface area contributed by atoms with E-state index in [0.717, 1.165) is 0 Å². The molecule has 0 atom stereocenters. The van der Waals surface area contributed by atoms with Crippen LogP contribution in [0.4, 0.5) is 0 Å². The van der Waals surface area contributed by atoms with E-state index in [4.69, 9.17) is 0 Å². The molecule has 226 valence electrons. The van der Waals surface area contributed by atoms with Crippen molar-refractivity contribution < 1.29 is 0 Å².